The Morgan fingerprint density at radius 3 is 2.56 bits per heavy atom. The summed E-state index contributed by atoms with van der Waals surface area (Å²) in [5.41, 5.74) is 0.454. The number of rotatable bonds is 10. The molecule has 0 saturated carbocycles. The molecule has 1 aromatic carbocycles. The van der Waals surface area contributed by atoms with E-state index in [2.05, 4.69) is 15.8 Å². The first-order chi connectivity index (χ1) is 13.1. The molecule has 7 nitrogen and oxygen atoms in total. The fourth-order valence-electron chi connectivity index (χ4n) is 2.17. The molecule has 0 bridgehead atoms. The van der Waals surface area contributed by atoms with Gasteiger partial charge in [0.05, 0.1) is 6.61 Å². The highest BCUT2D eigenvalue weighted by Gasteiger charge is 2.27. The van der Waals surface area contributed by atoms with Crippen molar-refractivity contribution in [1.29, 1.82) is 0 Å². The van der Waals surface area contributed by atoms with Crippen LogP contribution in [0.15, 0.2) is 33.7 Å². The summed E-state index contributed by atoms with van der Waals surface area (Å²) in [5, 5.41) is 9.26. The number of methoxy groups -OCH3 is 1. The average Bonchev–Trinajstić information content (AvgIpc) is 3.10. The van der Waals surface area contributed by atoms with Gasteiger partial charge in [-0.2, -0.15) is 0 Å². The van der Waals surface area contributed by atoms with Gasteiger partial charge in [0.1, 0.15) is 17.1 Å². The molecule has 2 aromatic rings. The lowest BCUT2D eigenvalue weighted by Crippen LogP contribution is -2.31. The molecule has 0 unspecified atom stereocenters. The van der Waals surface area contributed by atoms with Crippen molar-refractivity contribution in [2.24, 2.45) is 0 Å². The van der Waals surface area contributed by atoms with Gasteiger partial charge < -0.3 is 19.9 Å². The molecule has 2 amide bonds. The Morgan fingerprint density at radius 2 is 1.89 bits per heavy atom. The Balaban J connectivity index is 2.18. The van der Waals surface area contributed by atoms with Crippen LogP contribution in [0.1, 0.15) is 40.0 Å². The highest BCUT2D eigenvalue weighted by molar-refractivity contribution is 7.98. The molecule has 0 atom stereocenters. The molecule has 2 N–H and O–H groups in total. The molecule has 0 aliphatic carbocycles. The van der Waals surface area contributed by atoms with Crippen molar-refractivity contribution < 1.29 is 23.2 Å². The number of aromatic nitrogens is 1. The topological polar surface area (TPSA) is 93.5 Å². The summed E-state index contributed by atoms with van der Waals surface area (Å²) < 4.78 is 23.1. The molecule has 146 valence electrons. The summed E-state index contributed by atoms with van der Waals surface area (Å²) in [7, 11) is 1.53. The van der Waals surface area contributed by atoms with Crippen LogP contribution >= 0.6 is 11.8 Å². The van der Waals surface area contributed by atoms with Crippen molar-refractivity contribution in [2.45, 2.75) is 24.0 Å². The third-order valence-electron chi connectivity index (χ3n) is 3.51. The molecule has 0 saturated heterocycles. The van der Waals surface area contributed by atoms with Crippen LogP contribution in [0.5, 0.6) is 0 Å². The first-order valence-corrected chi connectivity index (χ1v) is 9.47. The molecule has 0 radical (unpaired) electrons. The summed E-state index contributed by atoms with van der Waals surface area (Å²) in [4.78, 5) is 25.6. The number of hydrogen-bond donors (Lipinski definition) is 2. The number of halogens is 1. The second-order valence-corrected chi connectivity index (χ2v) is 6.63. The minimum Gasteiger partial charge on any atom is -0.383 e. The van der Waals surface area contributed by atoms with Crippen LogP contribution in [-0.4, -0.2) is 43.8 Å². The van der Waals surface area contributed by atoms with Crippen LogP contribution < -0.4 is 10.6 Å². The summed E-state index contributed by atoms with van der Waals surface area (Å²) >= 11 is 1.36. The normalized spacial score (nSPS) is 10.6. The van der Waals surface area contributed by atoms with Crippen LogP contribution in [0, 0.1) is 5.82 Å². The number of nitrogens with one attached hydrogen (secondary N) is 2. The number of thioether (sulfide) groups is 1. The van der Waals surface area contributed by atoms with E-state index in [-0.39, 0.29) is 17.1 Å². The fourth-order valence-corrected chi connectivity index (χ4v) is 3.00. The van der Waals surface area contributed by atoms with E-state index in [1.54, 1.807) is 12.1 Å². The molecule has 27 heavy (non-hydrogen) atoms. The number of nitrogens with zero attached hydrogens (tertiary/aromatic N) is 1. The van der Waals surface area contributed by atoms with Gasteiger partial charge in [0.2, 0.25) is 5.76 Å². The van der Waals surface area contributed by atoms with Gasteiger partial charge in [0, 0.05) is 30.8 Å². The summed E-state index contributed by atoms with van der Waals surface area (Å²) in [6, 6.07) is 5.97. The van der Waals surface area contributed by atoms with Crippen LogP contribution in [0.2, 0.25) is 0 Å². The van der Waals surface area contributed by atoms with E-state index >= 15 is 0 Å². The molecule has 0 fully saturated rings. The molecule has 0 spiro atoms. The first kappa shape index (κ1) is 20.9. The lowest BCUT2D eigenvalue weighted by Gasteiger charge is -2.07. The Bertz CT molecular complexity index is 764. The van der Waals surface area contributed by atoms with Gasteiger partial charge in [0.15, 0.2) is 0 Å². The van der Waals surface area contributed by atoms with Crippen LogP contribution in [0.3, 0.4) is 0 Å². The SMILES string of the molecule is CCCNC(=O)c1onc(CSc2ccc(F)cc2)c1C(=O)NCCOC. The monoisotopic (exact) mass is 395 g/mol. The van der Waals surface area contributed by atoms with Crippen molar-refractivity contribution in [2.75, 3.05) is 26.8 Å². The smallest absolute Gasteiger partial charge is 0.290 e. The van der Waals surface area contributed by atoms with E-state index in [1.165, 1.54) is 31.0 Å². The van der Waals surface area contributed by atoms with Crippen molar-refractivity contribution in [3.8, 4) is 0 Å². The summed E-state index contributed by atoms with van der Waals surface area (Å²) in [5.74, 6) is -1.09. The van der Waals surface area contributed by atoms with E-state index in [0.717, 1.165) is 11.3 Å². The number of hydrogen-bond acceptors (Lipinski definition) is 6. The Hall–Kier alpha value is -2.39. The Morgan fingerprint density at radius 1 is 1.19 bits per heavy atom. The summed E-state index contributed by atoms with van der Waals surface area (Å²) in [6.45, 7) is 3.02. The summed E-state index contributed by atoms with van der Waals surface area (Å²) in [6.07, 6.45) is 0.753. The molecular formula is C18H22FN3O4S. The zero-order valence-corrected chi connectivity index (χ0v) is 16.0. The van der Waals surface area contributed by atoms with Gasteiger partial charge in [-0.1, -0.05) is 12.1 Å². The number of carbonyl (C=O) groups excluding carboxylic acids is 2. The third kappa shape index (κ3) is 6.07. The van der Waals surface area contributed by atoms with Gasteiger partial charge in [-0.05, 0) is 30.7 Å². The second kappa shape index (κ2) is 10.7. The molecule has 1 heterocycles. The molecule has 9 heteroatoms. The molecule has 1 aromatic heterocycles. The van der Waals surface area contributed by atoms with E-state index in [1.807, 2.05) is 6.92 Å². The molecule has 0 aliphatic rings. The minimum atomic E-state index is -0.487. The lowest BCUT2D eigenvalue weighted by atomic mass is 10.1. The van der Waals surface area contributed by atoms with Gasteiger partial charge in [0.25, 0.3) is 11.8 Å². The average molecular weight is 395 g/mol. The van der Waals surface area contributed by atoms with Crippen LogP contribution in [0.25, 0.3) is 0 Å². The Kier molecular flexibility index (Phi) is 8.28. The van der Waals surface area contributed by atoms with Crippen molar-refractivity contribution >= 4 is 23.6 Å². The van der Waals surface area contributed by atoms with E-state index < -0.39 is 11.8 Å². The second-order valence-electron chi connectivity index (χ2n) is 5.58. The zero-order chi connectivity index (χ0) is 19.6. The molecule has 0 aliphatic heterocycles. The van der Waals surface area contributed by atoms with Crippen molar-refractivity contribution in [1.82, 2.24) is 15.8 Å². The van der Waals surface area contributed by atoms with E-state index in [0.29, 0.717) is 31.1 Å². The highest BCUT2D eigenvalue weighted by Crippen LogP contribution is 2.25. The predicted molar refractivity (Wildman–Crippen MR) is 99.3 cm³/mol. The first-order valence-electron chi connectivity index (χ1n) is 8.49. The molecule has 2 rings (SSSR count). The minimum absolute atomic E-state index is 0.106. The third-order valence-corrected chi connectivity index (χ3v) is 4.54. The van der Waals surface area contributed by atoms with Gasteiger partial charge >= 0.3 is 0 Å². The quantitative estimate of drug-likeness (QED) is 0.475. The fraction of sp³-hybridized carbons (Fsp3) is 0.389. The largest absolute Gasteiger partial charge is 0.383 e. The van der Waals surface area contributed by atoms with E-state index in [9.17, 15) is 14.0 Å². The lowest BCUT2D eigenvalue weighted by molar-refractivity contribution is 0.0887. The number of amides is 2. The molecular weight excluding hydrogens is 373 g/mol. The Labute approximate surface area is 161 Å². The predicted octanol–water partition coefficient (Wildman–Crippen LogP) is 2.62. The maximum atomic E-state index is 13.0. The number of benzene rings is 1. The van der Waals surface area contributed by atoms with Gasteiger partial charge in [-0.25, -0.2) is 4.39 Å². The maximum Gasteiger partial charge on any atom is 0.290 e. The zero-order valence-electron chi connectivity index (χ0n) is 15.2. The van der Waals surface area contributed by atoms with Crippen LogP contribution in [-0.2, 0) is 10.5 Å². The van der Waals surface area contributed by atoms with Gasteiger partial charge in [-0.3, -0.25) is 9.59 Å². The van der Waals surface area contributed by atoms with Crippen molar-refractivity contribution in [3.05, 3.63) is 47.1 Å². The van der Waals surface area contributed by atoms with Crippen molar-refractivity contribution in [3.63, 3.8) is 0 Å². The number of carbonyl (C=O) groups is 2. The number of ether oxygens (including phenoxy) is 1. The van der Waals surface area contributed by atoms with Gasteiger partial charge in [-0.15, -0.1) is 11.8 Å². The highest BCUT2D eigenvalue weighted by atomic mass is 32.2. The van der Waals surface area contributed by atoms with E-state index in [4.69, 9.17) is 9.26 Å². The maximum absolute atomic E-state index is 13.0. The van der Waals surface area contributed by atoms with Crippen LogP contribution in [0.4, 0.5) is 4.39 Å². The standard InChI is InChI=1S/C18H22FN3O4S/c1-3-8-20-18(24)16-15(17(23)21-9-10-25-2)14(22-26-16)11-27-13-6-4-12(19)5-7-13/h4-7H,3,8-11H2,1-2H3,(H,20,24)(H,21,23).